The van der Waals surface area contributed by atoms with Crippen molar-refractivity contribution in [3.63, 3.8) is 0 Å². The van der Waals surface area contributed by atoms with Gasteiger partial charge in [-0.05, 0) is 38.1 Å². The highest BCUT2D eigenvalue weighted by atomic mass is 16.2. The molecule has 2 amide bonds. The first-order valence-corrected chi connectivity index (χ1v) is 10.3. The van der Waals surface area contributed by atoms with Gasteiger partial charge < -0.3 is 20.1 Å². The molecule has 0 radical (unpaired) electrons. The SMILES string of the molecule is CC(C)c1nccn1CCC(=O)N1CCCC(CNC(=O)C2CCCN2)C1. The minimum atomic E-state index is -0.0309. The lowest BCUT2D eigenvalue weighted by Crippen LogP contribution is -2.46. The van der Waals surface area contributed by atoms with E-state index < -0.39 is 0 Å². The van der Waals surface area contributed by atoms with Gasteiger partial charge in [0.15, 0.2) is 0 Å². The van der Waals surface area contributed by atoms with Gasteiger partial charge in [-0.3, -0.25) is 9.59 Å². The number of aryl methyl sites for hydroxylation is 1. The van der Waals surface area contributed by atoms with Crippen LogP contribution in [-0.4, -0.2) is 58.5 Å². The fourth-order valence-corrected chi connectivity index (χ4v) is 4.12. The molecule has 7 heteroatoms. The van der Waals surface area contributed by atoms with Gasteiger partial charge in [-0.25, -0.2) is 4.98 Å². The molecule has 150 valence electrons. The number of nitrogens with one attached hydrogen (secondary N) is 2. The Morgan fingerprint density at radius 3 is 2.93 bits per heavy atom. The Balaban J connectivity index is 1.43. The van der Waals surface area contributed by atoms with E-state index in [2.05, 4.69) is 34.0 Å². The molecule has 2 N–H and O–H groups in total. The number of piperidine rings is 1. The van der Waals surface area contributed by atoms with Gasteiger partial charge in [0, 0.05) is 50.9 Å². The van der Waals surface area contributed by atoms with Crippen molar-refractivity contribution in [1.29, 1.82) is 0 Å². The highest BCUT2D eigenvalue weighted by Gasteiger charge is 2.26. The van der Waals surface area contributed by atoms with E-state index in [0.717, 1.165) is 51.1 Å². The number of nitrogens with zero attached hydrogens (tertiary/aromatic N) is 3. The standard InChI is InChI=1S/C20H33N5O2/c1-15(2)19-22-9-12-24(19)11-7-18(26)25-10-4-5-16(14-25)13-23-20(27)17-6-3-8-21-17/h9,12,15-17,21H,3-8,10-11,13-14H2,1-2H3,(H,23,27). The Labute approximate surface area is 161 Å². The third-order valence-electron chi connectivity index (χ3n) is 5.64. The molecule has 3 heterocycles. The summed E-state index contributed by atoms with van der Waals surface area (Å²) in [6.07, 6.45) is 8.33. The van der Waals surface area contributed by atoms with Crippen LogP contribution in [0.3, 0.4) is 0 Å². The summed E-state index contributed by atoms with van der Waals surface area (Å²) in [6, 6.07) is -0.0309. The molecule has 1 aromatic heterocycles. The van der Waals surface area contributed by atoms with Gasteiger partial charge in [-0.1, -0.05) is 13.8 Å². The summed E-state index contributed by atoms with van der Waals surface area (Å²) in [5.74, 6) is 2.05. The summed E-state index contributed by atoms with van der Waals surface area (Å²) in [5, 5.41) is 6.31. The molecule has 7 nitrogen and oxygen atoms in total. The summed E-state index contributed by atoms with van der Waals surface area (Å²) in [6.45, 7) is 8.08. The van der Waals surface area contributed by atoms with Gasteiger partial charge in [0.1, 0.15) is 5.82 Å². The van der Waals surface area contributed by atoms with Crippen LogP contribution >= 0.6 is 0 Å². The molecule has 1 aromatic rings. The van der Waals surface area contributed by atoms with E-state index in [0.29, 0.717) is 31.3 Å². The van der Waals surface area contributed by atoms with Crippen molar-refractivity contribution in [3.05, 3.63) is 18.2 Å². The largest absolute Gasteiger partial charge is 0.354 e. The van der Waals surface area contributed by atoms with Crippen molar-refractivity contribution in [2.24, 2.45) is 5.92 Å². The minimum Gasteiger partial charge on any atom is -0.354 e. The van der Waals surface area contributed by atoms with Crippen LogP contribution in [0.1, 0.15) is 57.7 Å². The van der Waals surface area contributed by atoms with Crippen LogP contribution in [0.5, 0.6) is 0 Å². The highest BCUT2D eigenvalue weighted by molar-refractivity contribution is 5.82. The molecule has 2 aliphatic heterocycles. The summed E-state index contributed by atoms with van der Waals surface area (Å²) in [5.41, 5.74) is 0. The van der Waals surface area contributed by atoms with E-state index in [9.17, 15) is 9.59 Å². The lowest BCUT2D eigenvalue weighted by atomic mass is 9.97. The van der Waals surface area contributed by atoms with Gasteiger partial charge in [-0.2, -0.15) is 0 Å². The topological polar surface area (TPSA) is 79.3 Å². The van der Waals surface area contributed by atoms with Gasteiger partial charge in [0.2, 0.25) is 11.8 Å². The van der Waals surface area contributed by atoms with Crippen molar-refractivity contribution in [1.82, 2.24) is 25.1 Å². The maximum absolute atomic E-state index is 12.7. The maximum atomic E-state index is 12.7. The van der Waals surface area contributed by atoms with Crippen LogP contribution < -0.4 is 10.6 Å². The molecule has 2 saturated heterocycles. The molecule has 3 rings (SSSR count). The van der Waals surface area contributed by atoms with Crippen molar-refractivity contribution in [3.8, 4) is 0 Å². The number of carbonyl (C=O) groups is 2. The molecular formula is C20H33N5O2. The van der Waals surface area contributed by atoms with E-state index >= 15 is 0 Å². The average Bonchev–Trinajstić information content (AvgIpc) is 3.36. The number of likely N-dealkylation sites (tertiary alicyclic amines) is 1. The van der Waals surface area contributed by atoms with E-state index in [1.807, 2.05) is 11.1 Å². The van der Waals surface area contributed by atoms with Gasteiger partial charge in [0.25, 0.3) is 0 Å². The van der Waals surface area contributed by atoms with Crippen LogP contribution in [0.15, 0.2) is 12.4 Å². The molecule has 0 aromatic carbocycles. The molecule has 2 aliphatic rings. The Kier molecular flexibility index (Phi) is 6.88. The molecule has 0 aliphatic carbocycles. The molecule has 27 heavy (non-hydrogen) atoms. The number of carbonyl (C=O) groups excluding carboxylic acids is 2. The normalized spacial score (nSPS) is 23.0. The van der Waals surface area contributed by atoms with E-state index in [1.54, 1.807) is 6.20 Å². The summed E-state index contributed by atoms with van der Waals surface area (Å²) in [4.78, 5) is 31.2. The van der Waals surface area contributed by atoms with Crippen molar-refractivity contribution < 1.29 is 9.59 Å². The number of amides is 2. The van der Waals surface area contributed by atoms with Crippen LogP contribution in [0.2, 0.25) is 0 Å². The Morgan fingerprint density at radius 1 is 1.33 bits per heavy atom. The zero-order valence-electron chi connectivity index (χ0n) is 16.6. The van der Waals surface area contributed by atoms with Crippen LogP contribution in [0.25, 0.3) is 0 Å². The molecular weight excluding hydrogens is 342 g/mol. The first kappa shape index (κ1) is 19.9. The Bertz CT molecular complexity index is 636. The van der Waals surface area contributed by atoms with Crippen molar-refractivity contribution >= 4 is 11.8 Å². The van der Waals surface area contributed by atoms with E-state index in [4.69, 9.17) is 0 Å². The molecule has 0 bridgehead atoms. The molecule has 0 spiro atoms. The molecule has 2 fully saturated rings. The molecule has 0 saturated carbocycles. The lowest BCUT2D eigenvalue weighted by molar-refractivity contribution is -0.133. The minimum absolute atomic E-state index is 0.0309. The number of aromatic nitrogens is 2. The predicted octanol–water partition coefficient (Wildman–Crippen LogP) is 1.50. The number of rotatable bonds is 7. The summed E-state index contributed by atoms with van der Waals surface area (Å²) in [7, 11) is 0. The second kappa shape index (κ2) is 9.35. The zero-order valence-corrected chi connectivity index (χ0v) is 16.6. The highest BCUT2D eigenvalue weighted by Crippen LogP contribution is 2.18. The second-order valence-corrected chi connectivity index (χ2v) is 8.13. The van der Waals surface area contributed by atoms with Gasteiger partial charge in [-0.15, -0.1) is 0 Å². The fourth-order valence-electron chi connectivity index (χ4n) is 4.12. The third-order valence-corrected chi connectivity index (χ3v) is 5.64. The monoisotopic (exact) mass is 375 g/mol. The van der Waals surface area contributed by atoms with Gasteiger partial charge in [0.05, 0.1) is 6.04 Å². The molecule has 2 atom stereocenters. The number of hydrogen-bond acceptors (Lipinski definition) is 4. The Hall–Kier alpha value is -1.89. The maximum Gasteiger partial charge on any atom is 0.237 e. The van der Waals surface area contributed by atoms with Crippen LogP contribution in [0.4, 0.5) is 0 Å². The van der Waals surface area contributed by atoms with Crippen LogP contribution in [0, 0.1) is 5.92 Å². The second-order valence-electron chi connectivity index (χ2n) is 8.13. The lowest BCUT2D eigenvalue weighted by Gasteiger charge is -2.33. The smallest absolute Gasteiger partial charge is 0.237 e. The summed E-state index contributed by atoms with van der Waals surface area (Å²) < 4.78 is 2.08. The first-order valence-electron chi connectivity index (χ1n) is 10.3. The Morgan fingerprint density at radius 2 is 2.19 bits per heavy atom. The van der Waals surface area contributed by atoms with Crippen molar-refractivity contribution in [2.45, 2.75) is 64.5 Å². The van der Waals surface area contributed by atoms with Gasteiger partial charge >= 0.3 is 0 Å². The summed E-state index contributed by atoms with van der Waals surface area (Å²) >= 11 is 0. The number of hydrogen-bond donors (Lipinski definition) is 2. The molecule has 2 unspecified atom stereocenters. The first-order chi connectivity index (χ1) is 13.0. The average molecular weight is 376 g/mol. The number of imidazole rings is 1. The fraction of sp³-hybridized carbons (Fsp3) is 0.750. The van der Waals surface area contributed by atoms with Crippen molar-refractivity contribution in [2.75, 3.05) is 26.2 Å². The van der Waals surface area contributed by atoms with E-state index in [-0.39, 0.29) is 17.9 Å². The van der Waals surface area contributed by atoms with Crippen LogP contribution in [-0.2, 0) is 16.1 Å². The zero-order chi connectivity index (χ0) is 19.2. The third kappa shape index (κ3) is 5.31. The quantitative estimate of drug-likeness (QED) is 0.757. The predicted molar refractivity (Wildman–Crippen MR) is 104 cm³/mol. The van der Waals surface area contributed by atoms with E-state index in [1.165, 1.54) is 0 Å².